The number of carbonyl (C=O) groups excluding carboxylic acids is 15. The van der Waals surface area contributed by atoms with E-state index in [-0.39, 0.29) is 38.4 Å². The van der Waals surface area contributed by atoms with Crippen LogP contribution in [0.15, 0.2) is 41.0 Å². The fraction of sp³-hybridized carbons (Fsp3) is 0.510. The molecule has 1 aromatic carbocycles. The molecule has 2 rings (SSSR count). The van der Waals surface area contributed by atoms with Crippen molar-refractivity contribution in [2.75, 3.05) is 6.54 Å². The predicted molar refractivity (Wildman–Crippen MR) is 262 cm³/mol. The summed E-state index contributed by atoms with van der Waals surface area (Å²) in [5, 5.41) is 98.3. The molecule has 2 aromatic rings. The Morgan fingerprint density at radius 3 is 1.07 bits per heavy atom. The Morgan fingerprint density at radius 1 is 0.440 bits per heavy atom. The topological polar surface area (TPSA) is 564 Å². The summed E-state index contributed by atoms with van der Waals surface area (Å²) in [5.74, 6) is -19.0. The van der Waals surface area contributed by atoms with E-state index in [2.05, 4.69) is 21.7 Å². The molecular formula is C51H63N9O24-6. The van der Waals surface area contributed by atoms with Crippen LogP contribution in [0.1, 0.15) is 114 Å². The van der Waals surface area contributed by atoms with E-state index in [0.29, 0.717) is 17.9 Å². The maximum absolute atomic E-state index is 12.6. The lowest BCUT2D eigenvalue weighted by Crippen LogP contribution is -2.68. The van der Waals surface area contributed by atoms with E-state index < -0.39 is 202 Å². The second-order valence-corrected chi connectivity index (χ2v) is 18.8. The van der Waals surface area contributed by atoms with Gasteiger partial charge in [-0.1, -0.05) is 12.1 Å². The zero-order chi connectivity index (χ0) is 63.1. The fourth-order valence-electron chi connectivity index (χ4n) is 7.33. The number of aliphatic carboxylic acids is 7. The SMILES string of the molecule is CC(=O)NCc1cc(COc2ccc(CCNC(=O)CC[C@H](NC(=O)CC[C@H](NC(=O)CC[C@H](NC(=O)CC[C@H](NC(=O)CC[C@H](NC(=O)CC[C@H](NC(=O)CC[C@H]([NH3+])C(=O)[O-])C(=O)[O-])C(=O)[O-])C(=O)[O-])C(=O)[O-])C(=O)[O-])C(=O)[O-])cc2)co1. The number of quaternary nitrogens is 1. The van der Waals surface area contributed by atoms with Crippen LogP contribution in [0, 0.1) is 0 Å². The Kier molecular flexibility index (Phi) is 30.7. The van der Waals surface area contributed by atoms with E-state index in [9.17, 15) is 108 Å². The van der Waals surface area contributed by atoms with Gasteiger partial charge < -0.3 is 127 Å². The normalized spacial score (nSPS) is 13.3. The third-order valence-electron chi connectivity index (χ3n) is 12.0. The van der Waals surface area contributed by atoms with Gasteiger partial charge in [0, 0.05) is 70.4 Å². The molecule has 0 radical (unpaired) electrons. The Balaban J connectivity index is 1.78. The molecule has 0 aliphatic carbocycles. The Bertz CT molecular complexity index is 2680. The summed E-state index contributed by atoms with van der Waals surface area (Å²) in [7, 11) is 0. The van der Waals surface area contributed by atoms with Gasteiger partial charge in [-0.15, -0.1) is 0 Å². The molecule has 0 aliphatic heterocycles. The Morgan fingerprint density at radius 2 is 0.762 bits per heavy atom. The molecule has 1 heterocycles. The molecule has 0 aliphatic rings. The van der Waals surface area contributed by atoms with E-state index in [1.807, 2.05) is 26.6 Å². The lowest BCUT2D eigenvalue weighted by molar-refractivity contribution is -0.438. The predicted octanol–water partition coefficient (Wildman–Crippen LogP) is -12.6. The number of carbonyl (C=O) groups is 15. The van der Waals surface area contributed by atoms with Gasteiger partial charge in [-0.25, -0.2) is 0 Å². The van der Waals surface area contributed by atoms with E-state index in [4.69, 9.17) is 9.15 Å². The van der Waals surface area contributed by atoms with Crippen molar-refractivity contribution in [3.8, 4) is 5.75 Å². The van der Waals surface area contributed by atoms with Crippen LogP contribution >= 0.6 is 0 Å². The molecule has 0 spiro atoms. The van der Waals surface area contributed by atoms with Gasteiger partial charge in [0.2, 0.25) is 47.3 Å². The summed E-state index contributed by atoms with van der Waals surface area (Å²) in [6.07, 6.45) is -7.00. The van der Waals surface area contributed by atoms with Gasteiger partial charge in [-0.05, 0) is 68.7 Å². The Hall–Kier alpha value is -9.69. The van der Waals surface area contributed by atoms with Gasteiger partial charge in [0.05, 0.1) is 90.8 Å². The minimum atomic E-state index is -1.95. The molecule has 0 saturated carbocycles. The van der Waals surface area contributed by atoms with Gasteiger partial charge in [0.25, 0.3) is 0 Å². The summed E-state index contributed by atoms with van der Waals surface area (Å²) < 4.78 is 11.1. The molecule has 0 bridgehead atoms. The monoisotopic (exact) mass is 1190 g/mol. The number of benzene rings is 1. The highest BCUT2D eigenvalue weighted by atomic mass is 16.5. The van der Waals surface area contributed by atoms with Crippen LogP contribution in [0.2, 0.25) is 0 Å². The lowest BCUT2D eigenvalue weighted by Gasteiger charge is -2.24. The van der Waals surface area contributed by atoms with E-state index in [1.165, 1.54) is 13.2 Å². The number of rotatable bonds is 42. The maximum atomic E-state index is 12.6. The summed E-state index contributed by atoms with van der Waals surface area (Å²) in [6.45, 7) is 1.99. The molecular weight excluding hydrogens is 1120 g/mol. The molecule has 84 heavy (non-hydrogen) atoms. The lowest BCUT2D eigenvalue weighted by atomic mass is 10.1. The minimum absolute atomic E-state index is 0.163. The number of amides is 8. The molecule has 11 N–H and O–H groups in total. The molecule has 0 unspecified atom stereocenters. The van der Waals surface area contributed by atoms with Crippen LogP contribution in [0.3, 0.4) is 0 Å². The average Bonchev–Trinajstić information content (AvgIpc) is 4.07. The first-order chi connectivity index (χ1) is 39.5. The smallest absolute Gasteiger partial charge is 0.220 e. The fourth-order valence-corrected chi connectivity index (χ4v) is 7.33. The van der Waals surface area contributed by atoms with E-state index in [0.717, 1.165) is 11.1 Å². The zero-order valence-corrected chi connectivity index (χ0v) is 45.2. The molecule has 7 atom stereocenters. The number of nitrogens with one attached hydrogen (secondary N) is 8. The number of carboxylic acid groups (broad SMARTS) is 7. The van der Waals surface area contributed by atoms with Crippen LogP contribution < -0.4 is 88.8 Å². The van der Waals surface area contributed by atoms with Crippen molar-refractivity contribution in [1.82, 2.24) is 42.5 Å². The first kappa shape index (κ1) is 70.4. The molecule has 33 nitrogen and oxygen atoms in total. The largest absolute Gasteiger partial charge is 0.548 e. The molecule has 462 valence electrons. The van der Waals surface area contributed by atoms with Crippen LogP contribution in [-0.4, -0.2) is 138 Å². The molecule has 8 amide bonds. The van der Waals surface area contributed by atoms with E-state index in [1.54, 1.807) is 30.3 Å². The maximum Gasteiger partial charge on any atom is 0.220 e. The summed E-state index contributed by atoms with van der Waals surface area (Å²) in [4.78, 5) is 180. The van der Waals surface area contributed by atoms with Crippen LogP contribution in [0.5, 0.6) is 5.75 Å². The van der Waals surface area contributed by atoms with Gasteiger partial charge in [0.1, 0.15) is 24.2 Å². The zero-order valence-electron chi connectivity index (χ0n) is 45.2. The third kappa shape index (κ3) is 29.2. The van der Waals surface area contributed by atoms with Crippen LogP contribution in [-0.2, 0) is 91.5 Å². The quantitative estimate of drug-likeness (QED) is 0.0298. The number of hydrogen-bond acceptors (Lipinski definition) is 24. The number of ether oxygens (including phenoxy) is 1. The van der Waals surface area contributed by atoms with Crippen LogP contribution in [0.4, 0.5) is 0 Å². The number of carboxylic acids is 7. The molecule has 33 heteroatoms. The molecule has 0 saturated heterocycles. The summed E-state index contributed by atoms with van der Waals surface area (Å²) in [6, 6.07) is -3.70. The highest BCUT2D eigenvalue weighted by Crippen LogP contribution is 2.16. The third-order valence-corrected chi connectivity index (χ3v) is 12.0. The Labute approximate surface area is 477 Å². The van der Waals surface area contributed by atoms with Gasteiger partial charge >= 0.3 is 0 Å². The first-order valence-corrected chi connectivity index (χ1v) is 25.9. The van der Waals surface area contributed by atoms with Gasteiger partial charge in [0.15, 0.2) is 0 Å². The average molecular weight is 1190 g/mol. The second-order valence-electron chi connectivity index (χ2n) is 18.8. The molecule has 1 aromatic heterocycles. The second kappa shape index (κ2) is 36.6. The van der Waals surface area contributed by atoms with Gasteiger partial charge in [-0.3, -0.25) is 38.4 Å². The van der Waals surface area contributed by atoms with Crippen molar-refractivity contribution in [2.45, 2.75) is 159 Å². The van der Waals surface area contributed by atoms with Crippen LogP contribution in [0.25, 0.3) is 0 Å². The van der Waals surface area contributed by atoms with Crippen molar-refractivity contribution in [3.05, 3.63) is 53.5 Å². The number of furan rings is 1. The first-order valence-electron chi connectivity index (χ1n) is 25.9. The highest BCUT2D eigenvalue weighted by Gasteiger charge is 2.24. The summed E-state index contributed by atoms with van der Waals surface area (Å²) >= 11 is 0. The summed E-state index contributed by atoms with van der Waals surface area (Å²) in [5.41, 5.74) is 4.82. The van der Waals surface area contributed by atoms with Gasteiger partial charge in [-0.2, -0.15) is 0 Å². The molecule has 0 fully saturated rings. The number of hydrogen-bond donors (Lipinski definition) is 9. The van der Waals surface area contributed by atoms with Crippen molar-refractivity contribution in [3.63, 3.8) is 0 Å². The van der Waals surface area contributed by atoms with Crippen molar-refractivity contribution >= 4 is 89.0 Å². The van der Waals surface area contributed by atoms with E-state index >= 15 is 0 Å². The minimum Gasteiger partial charge on any atom is -0.548 e. The van der Waals surface area contributed by atoms with Crippen molar-refractivity contribution < 1.29 is 123 Å². The van der Waals surface area contributed by atoms with Crippen molar-refractivity contribution in [2.24, 2.45) is 0 Å². The standard InChI is InChI=1S/C51H69N9O24/c1-26(61)54-23-30-22-28(25-84-30)24-83-29-4-2-27(3-5-29)20-21-53-38(62)14-7-32(46(71)72)56-40(64)16-9-34(48(75)76)58-42(66)18-11-36(50(79)80)60-44(68)19-12-37(51(81)82)59-43(67)17-10-35(49(77)78)57-41(65)15-8-33(47(73)74)55-39(63)13-6-31(52)45(69)70/h2-5,22,25,31-37H,6-21,23-24,52H2,1H3,(H,53,62)(H,54,61)(H,55,63)(H,56,64)(H,57,65)(H,58,66)(H,59,67)(H,60,68)(H,69,70)(H,71,72)(H,73,74)(H,75,76)(H,77,78)(H,79,80)(H,81,82)/p-6/t31-,32-,33-,34-,35-,36-,37-/m0/s1. The van der Waals surface area contributed by atoms with Crippen molar-refractivity contribution in [1.29, 1.82) is 0 Å². The highest BCUT2D eigenvalue weighted by molar-refractivity contribution is 5.89.